The third-order valence-electron chi connectivity index (χ3n) is 6.91. The number of benzene rings is 2. The number of aromatic nitrogens is 6. The van der Waals surface area contributed by atoms with E-state index in [0.717, 1.165) is 54.2 Å². The van der Waals surface area contributed by atoms with Crippen molar-refractivity contribution in [2.75, 3.05) is 62.9 Å². The number of rotatable bonds is 5. The van der Waals surface area contributed by atoms with Crippen LogP contribution < -0.4 is 15.5 Å². The number of hydrogen-bond acceptors (Lipinski definition) is 8. The van der Waals surface area contributed by atoms with Gasteiger partial charge in [0.05, 0.1) is 28.5 Å². The Morgan fingerprint density at radius 1 is 0.946 bits per heavy atom. The minimum atomic E-state index is 0.409. The Hall–Kier alpha value is -4.44. The summed E-state index contributed by atoms with van der Waals surface area (Å²) in [4.78, 5) is 24.2. The minimum Gasteiger partial charge on any atom is -0.383 e. The molecule has 188 valence electrons. The molecule has 10 heteroatoms. The zero-order chi connectivity index (χ0) is 25.5. The smallest absolute Gasteiger partial charge is 0.253 e. The number of nitrogen functional groups attached to an aromatic ring is 1. The number of likely N-dealkylation sites (N-methyl/N-ethyl adjacent to an activating group) is 1. The molecular formula is C27H30N10. The first-order valence-corrected chi connectivity index (χ1v) is 12.3. The molecule has 0 atom stereocenters. The highest BCUT2D eigenvalue weighted by molar-refractivity contribution is 5.84. The van der Waals surface area contributed by atoms with Gasteiger partial charge in [-0.05, 0) is 43.4 Å². The molecule has 0 amide bonds. The van der Waals surface area contributed by atoms with Crippen LogP contribution in [0.4, 0.5) is 17.2 Å². The maximum atomic E-state index is 6.53. The van der Waals surface area contributed by atoms with E-state index >= 15 is 0 Å². The molecule has 0 bridgehead atoms. The molecule has 0 spiro atoms. The number of nitrogens with two attached hydrogens (primary N) is 1. The fourth-order valence-corrected chi connectivity index (χ4v) is 4.63. The van der Waals surface area contributed by atoms with E-state index < -0.39 is 0 Å². The van der Waals surface area contributed by atoms with Crippen LogP contribution in [0.2, 0.25) is 0 Å². The monoisotopic (exact) mass is 494 g/mol. The van der Waals surface area contributed by atoms with Crippen molar-refractivity contribution in [1.29, 1.82) is 0 Å². The zero-order valence-corrected chi connectivity index (χ0v) is 21.3. The Kier molecular flexibility index (Phi) is 5.72. The fourth-order valence-electron chi connectivity index (χ4n) is 4.63. The van der Waals surface area contributed by atoms with Crippen molar-refractivity contribution in [3.8, 4) is 28.6 Å². The number of piperazine rings is 1. The number of aromatic amines is 1. The number of nitrogens with one attached hydrogen (secondary N) is 1. The summed E-state index contributed by atoms with van der Waals surface area (Å²) in [5.74, 6) is 1.51. The lowest BCUT2D eigenvalue weighted by Crippen LogP contribution is -2.44. The number of fused-ring (bicyclic) bond motifs is 1. The highest BCUT2D eigenvalue weighted by Crippen LogP contribution is 2.29. The summed E-state index contributed by atoms with van der Waals surface area (Å²) >= 11 is 0. The van der Waals surface area contributed by atoms with E-state index in [-0.39, 0.29) is 0 Å². The zero-order valence-electron chi connectivity index (χ0n) is 21.3. The average molecular weight is 495 g/mol. The molecule has 0 unspecified atom stereocenters. The van der Waals surface area contributed by atoms with Gasteiger partial charge < -0.3 is 25.4 Å². The first-order chi connectivity index (χ1) is 18.0. The Bertz CT molecular complexity index is 1540. The summed E-state index contributed by atoms with van der Waals surface area (Å²) in [7, 11) is 6.20. The molecule has 5 aromatic rings. The summed E-state index contributed by atoms with van der Waals surface area (Å²) in [6, 6.07) is 16.4. The third kappa shape index (κ3) is 4.36. The number of H-pyrrole nitrogens is 1. The number of hydrogen-bond donors (Lipinski definition) is 2. The van der Waals surface area contributed by atoms with Gasteiger partial charge in [-0.2, -0.15) is 9.78 Å². The van der Waals surface area contributed by atoms with Gasteiger partial charge in [0.2, 0.25) is 0 Å². The van der Waals surface area contributed by atoms with Gasteiger partial charge in [0.25, 0.3) is 5.95 Å². The highest BCUT2D eigenvalue weighted by atomic mass is 15.4. The van der Waals surface area contributed by atoms with Crippen LogP contribution in [0.15, 0.2) is 60.9 Å². The molecule has 1 aliphatic heterocycles. The summed E-state index contributed by atoms with van der Waals surface area (Å²) in [5, 5.41) is 4.49. The molecular weight excluding hydrogens is 464 g/mol. The van der Waals surface area contributed by atoms with Crippen molar-refractivity contribution in [3.05, 3.63) is 60.9 Å². The third-order valence-corrected chi connectivity index (χ3v) is 6.91. The van der Waals surface area contributed by atoms with Gasteiger partial charge in [0.15, 0.2) is 0 Å². The second kappa shape index (κ2) is 9.21. The lowest BCUT2D eigenvalue weighted by molar-refractivity contribution is 0.313. The number of anilines is 3. The van der Waals surface area contributed by atoms with E-state index in [1.807, 2.05) is 32.3 Å². The summed E-state index contributed by atoms with van der Waals surface area (Å²) < 4.78 is 1.55. The van der Waals surface area contributed by atoms with Crippen molar-refractivity contribution in [2.24, 2.45) is 0 Å². The van der Waals surface area contributed by atoms with Crippen molar-refractivity contribution in [3.63, 3.8) is 0 Å². The van der Waals surface area contributed by atoms with Crippen LogP contribution in [0.25, 0.3) is 39.6 Å². The minimum absolute atomic E-state index is 0.409. The largest absolute Gasteiger partial charge is 0.383 e. The van der Waals surface area contributed by atoms with Crippen LogP contribution in [-0.4, -0.2) is 81.9 Å². The second-order valence-electron chi connectivity index (χ2n) is 9.62. The summed E-state index contributed by atoms with van der Waals surface area (Å²) in [5.41, 5.74) is 13.2. The molecule has 1 aliphatic rings. The van der Waals surface area contributed by atoms with Crippen LogP contribution >= 0.6 is 0 Å². The number of nitrogens with zero attached hydrogens (tertiary/aromatic N) is 8. The maximum Gasteiger partial charge on any atom is 0.253 e. The van der Waals surface area contributed by atoms with Gasteiger partial charge in [-0.15, -0.1) is 0 Å². The topological polar surface area (TPSA) is 108 Å². The summed E-state index contributed by atoms with van der Waals surface area (Å²) in [6.45, 7) is 4.16. The van der Waals surface area contributed by atoms with Crippen molar-refractivity contribution in [2.45, 2.75) is 0 Å². The van der Waals surface area contributed by atoms with Gasteiger partial charge >= 0.3 is 0 Å². The first kappa shape index (κ1) is 23.0. The van der Waals surface area contributed by atoms with Crippen LogP contribution in [-0.2, 0) is 0 Å². The quantitative estimate of drug-likeness (QED) is 0.383. The molecule has 0 saturated carbocycles. The van der Waals surface area contributed by atoms with Gasteiger partial charge in [0, 0.05) is 63.4 Å². The van der Waals surface area contributed by atoms with Crippen LogP contribution in [0.3, 0.4) is 0 Å². The molecule has 3 N–H and O–H groups in total. The molecule has 4 heterocycles. The summed E-state index contributed by atoms with van der Waals surface area (Å²) in [6.07, 6.45) is 3.43. The van der Waals surface area contributed by atoms with Crippen molar-refractivity contribution >= 4 is 28.2 Å². The Morgan fingerprint density at radius 2 is 1.73 bits per heavy atom. The van der Waals surface area contributed by atoms with Gasteiger partial charge in [-0.1, -0.05) is 12.1 Å². The van der Waals surface area contributed by atoms with E-state index in [2.05, 4.69) is 67.1 Å². The highest BCUT2D eigenvalue weighted by Gasteiger charge is 2.18. The van der Waals surface area contributed by atoms with Crippen LogP contribution in [0, 0.1) is 0 Å². The Balaban J connectivity index is 1.29. The Labute approximate surface area is 215 Å². The second-order valence-corrected chi connectivity index (χ2v) is 9.62. The van der Waals surface area contributed by atoms with E-state index in [1.54, 1.807) is 17.1 Å². The molecule has 0 aliphatic carbocycles. The van der Waals surface area contributed by atoms with Crippen molar-refractivity contribution < 1.29 is 0 Å². The first-order valence-electron chi connectivity index (χ1n) is 12.3. The lowest BCUT2D eigenvalue weighted by Gasteiger charge is -2.34. The van der Waals surface area contributed by atoms with Gasteiger partial charge in [-0.25, -0.2) is 15.0 Å². The molecule has 1 saturated heterocycles. The van der Waals surface area contributed by atoms with E-state index in [9.17, 15) is 0 Å². The van der Waals surface area contributed by atoms with E-state index in [4.69, 9.17) is 15.7 Å². The van der Waals surface area contributed by atoms with Crippen LogP contribution in [0.1, 0.15) is 0 Å². The molecule has 0 radical (unpaired) electrons. The SMILES string of the molecule is CN1CCN(c2ccc3nc(-c4cnn(-c5nccc(-c6ccc(N(C)C)cc6)n5)c4N)[nH]c3c2)CC1. The molecule has 37 heavy (non-hydrogen) atoms. The molecule has 1 fully saturated rings. The molecule has 10 nitrogen and oxygen atoms in total. The van der Waals surface area contributed by atoms with Crippen LogP contribution in [0.5, 0.6) is 0 Å². The van der Waals surface area contributed by atoms with E-state index in [1.165, 1.54) is 5.69 Å². The maximum absolute atomic E-state index is 6.53. The van der Waals surface area contributed by atoms with Crippen molar-refractivity contribution in [1.82, 2.24) is 34.6 Å². The normalized spacial score (nSPS) is 14.4. The lowest BCUT2D eigenvalue weighted by atomic mass is 10.1. The molecule has 3 aromatic heterocycles. The molecule has 6 rings (SSSR count). The predicted octanol–water partition coefficient (Wildman–Crippen LogP) is 3.27. The van der Waals surface area contributed by atoms with E-state index in [0.29, 0.717) is 23.2 Å². The Morgan fingerprint density at radius 3 is 2.49 bits per heavy atom. The average Bonchev–Trinajstić information content (AvgIpc) is 3.52. The molecule has 2 aromatic carbocycles. The number of imidazole rings is 1. The van der Waals surface area contributed by atoms with Gasteiger partial charge in [-0.3, -0.25) is 0 Å². The predicted molar refractivity (Wildman–Crippen MR) is 148 cm³/mol. The standard InChI is InChI=1S/C27H30N10/c1-34(2)19-6-4-18(5-7-19)22-10-11-29-27(33-22)37-25(28)21(17-30-37)26-31-23-9-8-20(16-24(23)32-26)36-14-12-35(3)13-15-36/h4-11,16-17H,12-15,28H2,1-3H3,(H,31,32). The fraction of sp³-hybridized carbons (Fsp3) is 0.259. The van der Waals surface area contributed by atoms with Gasteiger partial charge in [0.1, 0.15) is 11.6 Å².